The van der Waals surface area contributed by atoms with E-state index in [1.807, 2.05) is 0 Å². The minimum atomic E-state index is -4.54. The van der Waals surface area contributed by atoms with E-state index in [2.05, 4.69) is 30.7 Å². The molecule has 1 saturated heterocycles. The Bertz CT molecular complexity index is 692. The molecule has 0 aliphatic carbocycles. The SMILES string of the molecule is CCCCN1C(=Nc2ccc(C#N)cc2C(F)(F)F)SC[C@@H]1CC(C)C. The second-order valence-corrected chi connectivity index (χ2v) is 7.86. The fourth-order valence-electron chi connectivity index (χ4n) is 2.98. The van der Waals surface area contributed by atoms with Crippen LogP contribution in [0.5, 0.6) is 0 Å². The first-order valence-electron chi connectivity index (χ1n) is 8.85. The Morgan fingerprint density at radius 2 is 2.12 bits per heavy atom. The summed E-state index contributed by atoms with van der Waals surface area (Å²) < 4.78 is 40.2. The molecule has 1 aromatic carbocycles. The number of aliphatic imine (C=N–C) groups is 1. The van der Waals surface area contributed by atoms with E-state index in [1.54, 1.807) is 6.07 Å². The van der Waals surface area contributed by atoms with Crippen molar-refractivity contribution in [2.75, 3.05) is 12.3 Å². The molecule has 142 valence electrons. The molecule has 0 radical (unpaired) electrons. The minimum absolute atomic E-state index is 0.0131. The van der Waals surface area contributed by atoms with Gasteiger partial charge in [-0.1, -0.05) is 39.0 Å². The largest absolute Gasteiger partial charge is 0.418 e. The van der Waals surface area contributed by atoms with Crippen molar-refractivity contribution >= 4 is 22.6 Å². The van der Waals surface area contributed by atoms with Gasteiger partial charge in [0.15, 0.2) is 5.17 Å². The third-order valence-electron chi connectivity index (χ3n) is 4.23. The Labute approximate surface area is 157 Å². The van der Waals surface area contributed by atoms with Gasteiger partial charge in [0.2, 0.25) is 0 Å². The number of amidine groups is 1. The molecule has 1 atom stereocenters. The van der Waals surface area contributed by atoms with Gasteiger partial charge in [0.25, 0.3) is 0 Å². The van der Waals surface area contributed by atoms with Gasteiger partial charge < -0.3 is 4.90 Å². The van der Waals surface area contributed by atoms with Crippen molar-refractivity contribution in [2.45, 2.75) is 52.3 Å². The third kappa shape index (κ3) is 5.16. The maximum Gasteiger partial charge on any atom is 0.418 e. The van der Waals surface area contributed by atoms with Crippen LogP contribution in [-0.2, 0) is 6.18 Å². The highest BCUT2D eigenvalue weighted by atomic mass is 32.2. The molecule has 7 heteroatoms. The standard InChI is InChI=1S/C19H24F3N3S/c1-4-5-8-25-15(9-13(2)3)12-26-18(25)24-17-7-6-14(11-23)10-16(17)19(20,21)22/h6-7,10,13,15H,4-5,8-9,12H2,1-3H3/t15-/m0/s1. The van der Waals surface area contributed by atoms with Crippen molar-refractivity contribution in [1.82, 2.24) is 4.90 Å². The number of hydrogen-bond acceptors (Lipinski definition) is 3. The predicted octanol–water partition coefficient (Wildman–Crippen LogP) is 5.83. The lowest BCUT2D eigenvalue weighted by atomic mass is 10.0. The summed E-state index contributed by atoms with van der Waals surface area (Å²) in [6.07, 6.45) is -1.54. The topological polar surface area (TPSA) is 39.4 Å². The second kappa shape index (κ2) is 8.81. The van der Waals surface area contributed by atoms with E-state index in [-0.39, 0.29) is 11.3 Å². The lowest BCUT2D eigenvalue weighted by Gasteiger charge is -2.27. The van der Waals surface area contributed by atoms with Crippen LogP contribution >= 0.6 is 11.8 Å². The molecule has 1 fully saturated rings. The molecule has 0 saturated carbocycles. The molecule has 1 aliphatic heterocycles. The molecular formula is C19H24F3N3S. The van der Waals surface area contributed by atoms with E-state index in [4.69, 9.17) is 5.26 Å². The van der Waals surface area contributed by atoms with Gasteiger partial charge in [-0.25, -0.2) is 4.99 Å². The van der Waals surface area contributed by atoms with E-state index in [9.17, 15) is 13.2 Å². The Balaban J connectivity index is 2.39. The zero-order chi connectivity index (χ0) is 19.3. The van der Waals surface area contributed by atoms with E-state index < -0.39 is 11.7 Å². The smallest absolute Gasteiger partial charge is 0.347 e. The maximum atomic E-state index is 13.4. The molecule has 1 aromatic rings. The average molecular weight is 383 g/mol. The van der Waals surface area contributed by atoms with Crippen LogP contribution in [-0.4, -0.2) is 28.4 Å². The highest BCUT2D eigenvalue weighted by Gasteiger charge is 2.35. The number of nitriles is 1. The summed E-state index contributed by atoms with van der Waals surface area (Å²) in [4.78, 5) is 6.53. The molecule has 0 bridgehead atoms. The average Bonchev–Trinajstić information content (AvgIpc) is 2.93. The molecule has 1 aliphatic rings. The minimum Gasteiger partial charge on any atom is -0.347 e. The molecule has 0 aromatic heterocycles. The van der Waals surface area contributed by atoms with Crippen LogP contribution in [0.15, 0.2) is 23.2 Å². The monoisotopic (exact) mass is 383 g/mol. The van der Waals surface area contributed by atoms with Crippen molar-refractivity contribution in [3.05, 3.63) is 29.3 Å². The van der Waals surface area contributed by atoms with Crippen molar-refractivity contribution in [3.63, 3.8) is 0 Å². The maximum absolute atomic E-state index is 13.4. The van der Waals surface area contributed by atoms with Crippen LogP contribution in [0.2, 0.25) is 0 Å². The first-order valence-corrected chi connectivity index (χ1v) is 9.84. The van der Waals surface area contributed by atoms with Crippen molar-refractivity contribution < 1.29 is 13.2 Å². The van der Waals surface area contributed by atoms with Crippen LogP contribution in [0.3, 0.4) is 0 Å². The van der Waals surface area contributed by atoms with Crippen LogP contribution < -0.4 is 0 Å². The van der Waals surface area contributed by atoms with E-state index in [1.165, 1.54) is 23.9 Å². The van der Waals surface area contributed by atoms with Crippen molar-refractivity contribution in [2.24, 2.45) is 10.9 Å². The number of alkyl halides is 3. The second-order valence-electron chi connectivity index (χ2n) is 6.88. The fourth-order valence-corrected chi connectivity index (χ4v) is 4.20. The predicted molar refractivity (Wildman–Crippen MR) is 101 cm³/mol. The molecule has 2 rings (SSSR count). The summed E-state index contributed by atoms with van der Waals surface area (Å²) in [5, 5.41) is 9.55. The van der Waals surface area contributed by atoms with Crippen molar-refractivity contribution in [1.29, 1.82) is 5.26 Å². The van der Waals surface area contributed by atoms with Gasteiger partial charge in [-0.15, -0.1) is 0 Å². The van der Waals surface area contributed by atoms with Crippen molar-refractivity contribution in [3.8, 4) is 6.07 Å². The molecule has 3 nitrogen and oxygen atoms in total. The third-order valence-corrected chi connectivity index (χ3v) is 5.37. The number of benzene rings is 1. The van der Waals surface area contributed by atoms with Crippen LogP contribution in [0.25, 0.3) is 0 Å². The fraction of sp³-hybridized carbons (Fsp3) is 0.579. The molecule has 0 N–H and O–H groups in total. The summed E-state index contributed by atoms with van der Waals surface area (Å²) in [6, 6.07) is 5.62. The summed E-state index contributed by atoms with van der Waals surface area (Å²) in [7, 11) is 0. The van der Waals surface area contributed by atoms with Gasteiger partial charge >= 0.3 is 6.18 Å². The van der Waals surface area contributed by atoms with Crippen LogP contribution in [0.4, 0.5) is 18.9 Å². The van der Waals surface area contributed by atoms with Gasteiger partial charge in [-0.05, 0) is 37.0 Å². The van der Waals surface area contributed by atoms with Crippen LogP contribution in [0.1, 0.15) is 51.2 Å². The Morgan fingerprint density at radius 3 is 2.69 bits per heavy atom. The van der Waals surface area contributed by atoms with E-state index in [0.717, 1.165) is 37.6 Å². The number of hydrogen-bond donors (Lipinski definition) is 0. The lowest BCUT2D eigenvalue weighted by molar-refractivity contribution is -0.137. The van der Waals surface area contributed by atoms with Gasteiger partial charge in [-0.3, -0.25) is 0 Å². The first-order chi connectivity index (χ1) is 12.3. The van der Waals surface area contributed by atoms with Gasteiger partial charge in [-0.2, -0.15) is 18.4 Å². The van der Waals surface area contributed by atoms with E-state index in [0.29, 0.717) is 17.1 Å². The highest BCUT2D eigenvalue weighted by molar-refractivity contribution is 8.14. The zero-order valence-corrected chi connectivity index (χ0v) is 16.1. The Hall–Kier alpha value is -1.68. The molecule has 0 spiro atoms. The first kappa shape index (κ1) is 20.6. The molecule has 0 amide bonds. The number of unbranched alkanes of at least 4 members (excludes halogenated alkanes) is 1. The number of nitrogens with zero attached hydrogens (tertiary/aromatic N) is 3. The summed E-state index contributed by atoms with van der Waals surface area (Å²) >= 11 is 1.52. The zero-order valence-electron chi connectivity index (χ0n) is 15.3. The van der Waals surface area contributed by atoms with Gasteiger partial charge in [0, 0.05) is 18.3 Å². The summed E-state index contributed by atoms with van der Waals surface area (Å²) in [5.74, 6) is 1.36. The van der Waals surface area contributed by atoms with Gasteiger partial charge in [0.1, 0.15) is 0 Å². The number of thioether (sulfide) groups is 1. The Morgan fingerprint density at radius 1 is 1.38 bits per heavy atom. The summed E-state index contributed by atoms with van der Waals surface area (Å²) in [5.41, 5.74) is -0.987. The van der Waals surface area contributed by atoms with Crippen LogP contribution in [0, 0.1) is 17.2 Å². The normalized spacial score (nSPS) is 19.4. The summed E-state index contributed by atoms with van der Waals surface area (Å²) in [6.45, 7) is 7.21. The molecule has 0 unspecified atom stereocenters. The number of halogens is 3. The van der Waals surface area contributed by atoms with E-state index >= 15 is 0 Å². The number of rotatable bonds is 6. The molecule has 1 heterocycles. The quantitative estimate of drug-likeness (QED) is 0.620. The highest BCUT2D eigenvalue weighted by Crippen LogP contribution is 2.39. The lowest BCUT2D eigenvalue weighted by Crippen LogP contribution is -2.35. The van der Waals surface area contributed by atoms with Gasteiger partial charge in [0.05, 0.1) is 22.9 Å². The molecular weight excluding hydrogens is 359 g/mol. The molecule has 26 heavy (non-hydrogen) atoms. The Kier molecular flexibility index (Phi) is 6.99.